The fourth-order valence-corrected chi connectivity index (χ4v) is 2.67. The van der Waals surface area contributed by atoms with Gasteiger partial charge in [-0.15, -0.1) is 0 Å². The predicted molar refractivity (Wildman–Crippen MR) is 85.8 cm³/mol. The maximum atomic E-state index is 13.4. The quantitative estimate of drug-likeness (QED) is 0.819. The molecule has 0 saturated heterocycles. The molecule has 6 heteroatoms. The molecule has 1 aromatic carbocycles. The van der Waals surface area contributed by atoms with Crippen LogP contribution in [0.2, 0.25) is 0 Å². The van der Waals surface area contributed by atoms with Crippen LogP contribution in [-0.2, 0) is 9.59 Å². The molecule has 5 nitrogen and oxygen atoms in total. The first-order valence-corrected chi connectivity index (χ1v) is 8.01. The van der Waals surface area contributed by atoms with Crippen LogP contribution in [0.5, 0.6) is 5.75 Å². The number of anilines is 1. The molecule has 2 rings (SSSR count). The zero-order chi connectivity index (χ0) is 16.8. The van der Waals surface area contributed by atoms with Gasteiger partial charge in [0.05, 0.1) is 11.8 Å². The van der Waals surface area contributed by atoms with Gasteiger partial charge in [-0.1, -0.05) is 12.8 Å². The molecule has 1 fully saturated rings. The maximum absolute atomic E-state index is 13.4. The van der Waals surface area contributed by atoms with E-state index in [9.17, 15) is 14.0 Å². The van der Waals surface area contributed by atoms with E-state index >= 15 is 0 Å². The Hall–Kier alpha value is -2.11. The summed E-state index contributed by atoms with van der Waals surface area (Å²) in [6, 6.07) is 3.81. The number of rotatable bonds is 5. The number of carbonyl (C=O) groups is 2. The highest BCUT2D eigenvalue weighted by Gasteiger charge is 2.20. The van der Waals surface area contributed by atoms with Gasteiger partial charge >= 0.3 is 11.8 Å². The highest BCUT2D eigenvalue weighted by atomic mass is 19.1. The van der Waals surface area contributed by atoms with Crippen LogP contribution in [0.4, 0.5) is 10.1 Å². The van der Waals surface area contributed by atoms with E-state index in [0.29, 0.717) is 18.2 Å². The average molecular weight is 322 g/mol. The number of benzene rings is 1. The average Bonchev–Trinajstić information content (AvgIpc) is 3.00. The van der Waals surface area contributed by atoms with Crippen molar-refractivity contribution in [1.82, 2.24) is 5.32 Å². The lowest BCUT2D eigenvalue weighted by Gasteiger charge is -2.15. The molecule has 0 aromatic heterocycles. The van der Waals surface area contributed by atoms with Crippen molar-refractivity contribution < 1.29 is 18.7 Å². The number of ether oxygens (including phenoxy) is 1. The second-order valence-electron chi connectivity index (χ2n) is 6.12. The molecule has 0 bridgehead atoms. The summed E-state index contributed by atoms with van der Waals surface area (Å²) in [6.45, 7) is 4.15. The molecule has 0 unspecified atom stereocenters. The Balaban J connectivity index is 1.95. The Labute approximate surface area is 135 Å². The number of amides is 2. The minimum Gasteiger partial charge on any atom is -0.489 e. The second kappa shape index (κ2) is 7.94. The Morgan fingerprint density at radius 1 is 1.26 bits per heavy atom. The SMILES string of the molecule is CC(C)Oc1ccc(F)cc1NC(=O)C(=O)NCC1CCCC1. The van der Waals surface area contributed by atoms with Gasteiger partial charge in [-0.3, -0.25) is 9.59 Å². The summed E-state index contributed by atoms with van der Waals surface area (Å²) < 4.78 is 18.9. The summed E-state index contributed by atoms with van der Waals surface area (Å²) in [5.41, 5.74) is 0.153. The molecule has 0 spiro atoms. The lowest BCUT2D eigenvalue weighted by molar-refractivity contribution is -0.136. The van der Waals surface area contributed by atoms with Crippen LogP contribution >= 0.6 is 0 Å². The Morgan fingerprint density at radius 2 is 1.96 bits per heavy atom. The summed E-state index contributed by atoms with van der Waals surface area (Å²) in [4.78, 5) is 23.8. The molecule has 1 aliphatic carbocycles. The normalized spacial score (nSPS) is 14.8. The number of nitrogens with one attached hydrogen (secondary N) is 2. The van der Waals surface area contributed by atoms with Crippen LogP contribution in [0.3, 0.4) is 0 Å². The van der Waals surface area contributed by atoms with Gasteiger partial charge in [0.1, 0.15) is 11.6 Å². The van der Waals surface area contributed by atoms with Crippen molar-refractivity contribution in [3.05, 3.63) is 24.0 Å². The fourth-order valence-electron chi connectivity index (χ4n) is 2.67. The number of hydrogen-bond donors (Lipinski definition) is 2. The van der Waals surface area contributed by atoms with Gasteiger partial charge < -0.3 is 15.4 Å². The zero-order valence-electron chi connectivity index (χ0n) is 13.5. The molecule has 0 radical (unpaired) electrons. The number of halogens is 1. The van der Waals surface area contributed by atoms with Gasteiger partial charge in [-0.25, -0.2) is 4.39 Å². The zero-order valence-corrected chi connectivity index (χ0v) is 13.5. The third kappa shape index (κ3) is 5.23. The maximum Gasteiger partial charge on any atom is 0.313 e. The van der Waals surface area contributed by atoms with Crippen LogP contribution in [0.1, 0.15) is 39.5 Å². The van der Waals surface area contributed by atoms with E-state index < -0.39 is 17.6 Å². The smallest absolute Gasteiger partial charge is 0.313 e. The molecule has 2 amide bonds. The molecule has 0 aliphatic heterocycles. The van der Waals surface area contributed by atoms with Gasteiger partial charge in [-0.2, -0.15) is 0 Å². The van der Waals surface area contributed by atoms with Crippen molar-refractivity contribution in [2.24, 2.45) is 5.92 Å². The Kier molecular flexibility index (Phi) is 5.96. The van der Waals surface area contributed by atoms with Crippen molar-refractivity contribution in [1.29, 1.82) is 0 Å². The molecule has 0 heterocycles. The third-order valence-electron chi connectivity index (χ3n) is 3.78. The largest absolute Gasteiger partial charge is 0.489 e. The molecule has 2 N–H and O–H groups in total. The summed E-state index contributed by atoms with van der Waals surface area (Å²) in [5.74, 6) is -1.26. The molecular weight excluding hydrogens is 299 g/mol. The summed E-state index contributed by atoms with van der Waals surface area (Å²) >= 11 is 0. The van der Waals surface area contributed by atoms with E-state index in [-0.39, 0.29) is 11.8 Å². The van der Waals surface area contributed by atoms with Gasteiger partial charge in [0, 0.05) is 12.6 Å². The Bertz CT molecular complexity index is 569. The van der Waals surface area contributed by atoms with Crippen molar-refractivity contribution in [2.75, 3.05) is 11.9 Å². The summed E-state index contributed by atoms with van der Waals surface area (Å²) in [6.07, 6.45) is 4.38. The van der Waals surface area contributed by atoms with Crippen LogP contribution < -0.4 is 15.4 Å². The topological polar surface area (TPSA) is 67.4 Å². The van der Waals surface area contributed by atoms with Crippen LogP contribution in [-0.4, -0.2) is 24.5 Å². The minimum absolute atomic E-state index is 0.132. The monoisotopic (exact) mass is 322 g/mol. The number of carbonyl (C=O) groups excluding carboxylic acids is 2. The number of hydrogen-bond acceptors (Lipinski definition) is 3. The molecule has 23 heavy (non-hydrogen) atoms. The molecule has 1 aliphatic rings. The van der Waals surface area contributed by atoms with E-state index in [1.807, 2.05) is 13.8 Å². The Morgan fingerprint density at radius 3 is 2.61 bits per heavy atom. The molecule has 126 valence electrons. The fraction of sp³-hybridized carbons (Fsp3) is 0.529. The first-order valence-electron chi connectivity index (χ1n) is 8.01. The van der Waals surface area contributed by atoms with Gasteiger partial charge in [0.25, 0.3) is 0 Å². The highest BCUT2D eigenvalue weighted by molar-refractivity contribution is 6.39. The summed E-state index contributed by atoms with van der Waals surface area (Å²) in [7, 11) is 0. The highest BCUT2D eigenvalue weighted by Crippen LogP contribution is 2.26. The second-order valence-corrected chi connectivity index (χ2v) is 6.12. The van der Waals surface area contributed by atoms with Crippen molar-refractivity contribution in [3.63, 3.8) is 0 Å². The van der Waals surface area contributed by atoms with E-state index in [1.165, 1.54) is 25.0 Å². The van der Waals surface area contributed by atoms with Gasteiger partial charge in [0.15, 0.2) is 0 Å². The lowest BCUT2D eigenvalue weighted by Crippen LogP contribution is -2.37. The van der Waals surface area contributed by atoms with Gasteiger partial charge in [-0.05, 0) is 44.7 Å². The molecule has 0 atom stereocenters. The first-order chi connectivity index (χ1) is 11.0. The molecular formula is C17H23FN2O3. The van der Waals surface area contributed by atoms with Gasteiger partial charge in [0.2, 0.25) is 0 Å². The van der Waals surface area contributed by atoms with Crippen LogP contribution in [0.15, 0.2) is 18.2 Å². The lowest BCUT2D eigenvalue weighted by atomic mass is 10.1. The van der Waals surface area contributed by atoms with Crippen molar-refractivity contribution in [3.8, 4) is 5.75 Å². The minimum atomic E-state index is -0.817. The van der Waals surface area contributed by atoms with Crippen LogP contribution in [0, 0.1) is 11.7 Å². The standard InChI is InChI=1S/C17H23FN2O3/c1-11(2)23-15-8-7-13(18)9-14(15)20-17(22)16(21)19-10-12-5-3-4-6-12/h7-9,11-12H,3-6,10H2,1-2H3,(H,19,21)(H,20,22). The molecule has 1 aromatic rings. The molecule has 1 saturated carbocycles. The third-order valence-corrected chi connectivity index (χ3v) is 3.78. The van der Waals surface area contributed by atoms with E-state index in [0.717, 1.165) is 18.9 Å². The first kappa shape index (κ1) is 17.2. The summed E-state index contributed by atoms with van der Waals surface area (Å²) in [5, 5.41) is 5.05. The van der Waals surface area contributed by atoms with E-state index in [4.69, 9.17) is 4.74 Å². The van der Waals surface area contributed by atoms with E-state index in [1.54, 1.807) is 0 Å². The van der Waals surface area contributed by atoms with Crippen LogP contribution in [0.25, 0.3) is 0 Å². The predicted octanol–water partition coefficient (Wildman–Crippen LogP) is 2.86. The van der Waals surface area contributed by atoms with Crippen molar-refractivity contribution >= 4 is 17.5 Å². The van der Waals surface area contributed by atoms with E-state index in [2.05, 4.69) is 10.6 Å². The van der Waals surface area contributed by atoms with Crippen molar-refractivity contribution in [2.45, 2.75) is 45.6 Å².